The molecule has 0 saturated heterocycles. The van der Waals surface area contributed by atoms with E-state index in [1.807, 2.05) is 37.3 Å². The number of carbonyl (C=O) groups excluding carboxylic acids is 1. The van der Waals surface area contributed by atoms with Crippen molar-refractivity contribution in [3.63, 3.8) is 0 Å². The molecule has 0 atom stereocenters. The lowest BCUT2D eigenvalue weighted by Gasteiger charge is -2.08. The minimum atomic E-state index is -0.313. The number of para-hydroxylation sites is 1. The van der Waals surface area contributed by atoms with E-state index in [9.17, 15) is 4.79 Å². The number of nitrogens with one attached hydrogen (secondary N) is 2. The largest absolute Gasteiger partial charge is 0.319 e. The van der Waals surface area contributed by atoms with Gasteiger partial charge in [-0.25, -0.2) is 0 Å². The lowest BCUT2D eigenvalue weighted by atomic mass is 10.1. The molecule has 3 rings (SSSR count). The molecule has 1 aromatic heterocycles. The number of anilines is 1. The summed E-state index contributed by atoms with van der Waals surface area (Å²) in [5, 5.41) is 10.7. The second-order valence-electron chi connectivity index (χ2n) is 5.03. The second-order valence-corrected chi connectivity index (χ2v) is 5.85. The highest BCUT2D eigenvalue weighted by Crippen LogP contribution is 2.28. The highest BCUT2D eigenvalue weighted by molar-refractivity contribution is 6.34. The lowest BCUT2D eigenvalue weighted by molar-refractivity contribution is 0.102. The maximum atomic E-state index is 12.4. The monoisotopic (exact) mass is 345 g/mol. The van der Waals surface area contributed by atoms with Crippen LogP contribution in [-0.2, 0) is 0 Å². The van der Waals surface area contributed by atoms with Crippen LogP contribution in [0.1, 0.15) is 16.1 Å². The topological polar surface area (TPSA) is 57.8 Å². The lowest BCUT2D eigenvalue weighted by Crippen LogP contribution is -2.13. The van der Waals surface area contributed by atoms with E-state index < -0.39 is 0 Å². The van der Waals surface area contributed by atoms with E-state index in [1.165, 1.54) is 0 Å². The maximum Gasteiger partial charge on any atom is 0.273 e. The molecule has 0 aliphatic rings. The number of aromatic nitrogens is 2. The van der Waals surface area contributed by atoms with Crippen molar-refractivity contribution >= 4 is 34.8 Å². The van der Waals surface area contributed by atoms with Crippen LogP contribution in [0.3, 0.4) is 0 Å². The van der Waals surface area contributed by atoms with Gasteiger partial charge in [0.1, 0.15) is 5.69 Å². The highest BCUT2D eigenvalue weighted by atomic mass is 35.5. The Hall–Kier alpha value is -2.30. The molecule has 2 N–H and O–H groups in total. The summed E-state index contributed by atoms with van der Waals surface area (Å²) in [7, 11) is 0. The van der Waals surface area contributed by atoms with E-state index in [2.05, 4.69) is 15.5 Å². The Morgan fingerprint density at radius 3 is 2.57 bits per heavy atom. The molecule has 116 valence electrons. The molecule has 0 radical (unpaired) electrons. The van der Waals surface area contributed by atoms with E-state index >= 15 is 0 Å². The maximum absolute atomic E-state index is 12.4. The fourth-order valence-electron chi connectivity index (χ4n) is 2.22. The molecule has 1 amide bonds. The average molecular weight is 346 g/mol. The molecule has 2 aromatic carbocycles. The second kappa shape index (κ2) is 6.44. The van der Waals surface area contributed by atoms with Crippen molar-refractivity contribution in [2.45, 2.75) is 6.92 Å². The van der Waals surface area contributed by atoms with Crippen LogP contribution in [0.25, 0.3) is 11.3 Å². The molecular weight excluding hydrogens is 333 g/mol. The summed E-state index contributed by atoms with van der Waals surface area (Å²) < 4.78 is 0. The van der Waals surface area contributed by atoms with Crippen LogP contribution >= 0.6 is 23.2 Å². The SMILES string of the molecule is Cc1cccc(Cl)c1NC(=O)c1cc(-c2ccccc2Cl)n[nH]1. The van der Waals surface area contributed by atoms with Gasteiger partial charge in [-0.3, -0.25) is 9.89 Å². The Kier molecular flexibility index (Phi) is 4.37. The summed E-state index contributed by atoms with van der Waals surface area (Å²) in [5.41, 5.74) is 3.18. The van der Waals surface area contributed by atoms with E-state index in [1.54, 1.807) is 18.2 Å². The van der Waals surface area contributed by atoms with E-state index in [4.69, 9.17) is 23.2 Å². The van der Waals surface area contributed by atoms with Gasteiger partial charge >= 0.3 is 0 Å². The van der Waals surface area contributed by atoms with Crippen LogP contribution in [0.5, 0.6) is 0 Å². The van der Waals surface area contributed by atoms with Gasteiger partial charge in [0.25, 0.3) is 5.91 Å². The number of aromatic amines is 1. The number of H-pyrrole nitrogens is 1. The fraction of sp³-hybridized carbons (Fsp3) is 0.0588. The molecule has 0 saturated carbocycles. The number of halogens is 2. The minimum Gasteiger partial charge on any atom is -0.319 e. The predicted molar refractivity (Wildman–Crippen MR) is 93.2 cm³/mol. The number of carbonyl (C=O) groups is 1. The zero-order valence-electron chi connectivity index (χ0n) is 12.2. The third-order valence-corrected chi connectivity index (χ3v) is 4.08. The Morgan fingerprint density at radius 1 is 1.09 bits per heavy atom. The number of amides is 1. The van der Waals surface area contributed by atoms with E-state index in [0.717, 1.165) is 11.1 Å². The molecule has 4 nitrogen and oxygen atoms in total. The molecule has 0 aliphatic heterocycles. The van der Waals surface area contributed by atoms with Crippen LogP contribution in [0.15, 0.2) is 48.5 Å². The van der Waals surface area contributed by atoms with Crippen LogP contribution in [0.4, 0.5) is 5.69 Å². The summed E-state index contributed by atoms with van der Waals surface area (Å²) in [6, 6.07) is 14.4. The zero-order valence-corrected chi connectivity index (χ0v) is 13.7. The first-order valence-electron chi connectivity index (χ1n) is 6.93. The summed E-state index contributed by atoms with van der Waals surface area (Å²) in [6.07, 6.45) is 0. The normalized spacial score (nSPS) is 10.6. The number of aryl methyl sites for hydroxylation is 1. The number of benzene rings is 2. The van der Waals surface area contributed by atoms with Gasteiger partial charge in [0.05, 0.1) is 21.4 Å². The molecule has 23 heavy (non-hydrogen) atoms. The Balaban J connectivity index is 1.86. The average Bonchev–Trinajstić information content (AvgIpc) is 3.01. The van der Waals surface area contributed by atoms with Gasteiger partial charge in [0, 0.05) is 5.56 Å². The van der Waals surface area contributed by atoms with Crippen LogP contribution in [-0.4, -0.2) is 16.1 Å². The van der Waals surface area contributed by atoms with Crippen LogP contribution in [0, 0.1) is 6.92 Å². The molecular formula is C17H13Cl2N3O. The standard InChI is InChI=1S/C17H13Cl2N3O/c1-10-5-4-8-13(19)16(10)20-17(23)15-9-14(21-22-15)11-6-2-3-7-12(11)18/h2-9H,1H3,(H,20,23)(H,21,22). The third-order valence-electron chi connectivity index (χ3n) is 3.43. The first-order valence-corrected chi connectivity index (χ1v) is 7.68. The summed E-state index contributed by atoms with van der Waals surface area (Å²) in [5.74, 6) is -0.313. The quantitative estimate of drug-likeness (QED) is 0.705. The third kappa shape index (κ3) is 3.23. The van der Waals surface area contributed by atoms with Crippen LogP contribution in [0.2, 0.25) is 10.0 Å². The van der Waals surface area contributed by atoms with Crippen molar-refractivity contribution in [1.82, 2.24) is 10.2 Å². The Bertz CT molecular complexity index is 854. The molecule has 0 fully saturated rings. The molecule has 6 heteroatoms. The van der Waals surface area contributed by atoms with Gasteiger partial charge < -0.3 is 5.32 Å². The summed E-state index contributed by atoms with van der Waals surface area (Å²) in [6.45, 7) is 1.88. The van der Waals surface area contributed by atoms with Gasteiger partial charge in [0.15, 0.2) is 0 Å². The summed E-state index contributed by atoms with van der Waals surface area (Å²) in [4.78, 5) is 12.4. The van der Waals surface area contributed by atoms with E-state index in [0.29, 0.717) is 27.1 Å². The fourth-order valence-corrected chi connectivity index (χ4v) is 2.72. The molecule has 0 unspecified atom stereocenters. The van der Waals surface area contributed by atoms with Gasteiger partial charge in [-0.15, -0.1) is 0 Å². The predicted octanol–water partition coefficient (Wildman–Crippen LogP) is 4.94. The molecule has 0 aliphatic carbocycles. The van der Waals surface area contributed by atoms with E-state index in [-0.39, 0.29) is 5.91 Å². The summed E-state index contributed by atoms with van der Waals surface area (Å²) >= 11 is 12.3. The first-order chi connectivity index (χ1) is 11.1. The molecule has 1 heterocycles. The smallest absolute Gasteiger partial charge is 0.273 e. The highest BCUT2D eigenvalue weighted by Gasteiger charge is 2.14. The number of hydrogen-bond donors (Lipinski definition) is 2. The van der Waals surface area contributed by atoms with Gasteiger partial charge in [-0.1, -0.05) is 53.5 Å². The molecule has 3 aromatic rings. The van der Waals surface area contributed by atoms with Crippen molar-refractivity contribution in [3.8, 4) is 11.3 Å². The Morgan fingerprint density at radius 2 is 1.83 bits per heavy atom. The number of hydrogen-bond acceptors (Lipinski definition) is 2. The minimum absolute atomic E-state index is 0.313. The number of nitrogens with zero attached hydrogens (tertiary/aromatic N) is 1. The number of rotatable bonds is 3. The van der Waals surface area contributed by atoms with Crippen molar-refractivity contribution in [2.75, 3.05) is 5.32 Å². The van der Waals surface area contributed by atoms with Crippen molar-refractivity contribution in [1.29, 1.82) is 0 Å². The van der Waals surface area contributed by atoms with Crippen molar-refractivity contribution < 1.29 is 4.79 Å². The zero-order chi connectivity index (χ0) is 16.4. The van der Waals surface area contributed by atoms with Crippen molar-refractivity contribution in [2.24, 2.45) is 0 Å². The van der Waals surface area contributed by atoms with Gasteiger partial charge in [0.2, 0.25) is 0 Å². The Labute approximate surface area is 143 Å². The first kappa shape index (κ1) is 15.6. The molecule has 0 spiro atoms. The molecule has 0 bridgehead atoms. The van der Waals surface area contributed by atoms with Crippen molar-refractivity contribution in [3.05, 3.63) is 69.8 Å². The van der Waals surface area contributed by atoms with Gasteiger partial charge in [-0.2, -0.15) is 5.10 Å². The van der Waals surface area contributed by atoms with Gasteiger partial charge in [-0.05, 0) is 30.7 Å². The van der Waals surface area contributed by atoms with Crippen LogP contribution < -0.4 is 5.32 Å².